The van der Waals surface area contributed by atoms with E-state index < -0.39 is 11.6 Å². The molecule has 0 radical (unpaired) electrons. The molecule has 0 aromatic carbocycles. The molecule has 2 N–H and O–H groups in total. The van der Waals surface area contributed by atoms with Gasteiger partial charge in [-0.2, -0.15) is 0 Å². The third-order valence-corrected chi connectivity index (χ3v) is 5.98. The van der Waals surface area contributed by atoms with E-state index in [1.807, 2.05) is 0 Å². The predicted molar refractivity (Wildman–Crippen MR) is 83.3 cm³/mol. The summed E-state index contributed by atoms with van der Waals surface area (Å²) in [6.45, 7) is 0.474. The van der Waals surface area contributed by atoms with Gasteiger partial charge in [0.1, 0.15) is 12.1 Å². The van der Waals surface area contributed by atoms with Crippen LogP contribution in [0.4, 0.5) is 4.79 Å². The largest absolute Gasteiger partial charge is 0.354 e. The van der Waals surface area contributed by atoms with Crippen LogP contribution in [0.25, 0.3) is 0 Å². The van der Waals surface area contributed by atoms with Crippen molar-refractivity contribution < 1.29 is 14.4 Å². The number of nitrogens with one attached hydrogen (secondary N) is 2. The van der Waals surface area contributed by atoms with E-state index in [0.717, 1.165) is 24.2 Å². The van der Waals surface area contributed by atoms with Gasteiger partial charge in [0.25, 0.3) is 5.91 Å². The molecular weight excluding hydrogens is 294 g/mol. The summed E-state index contributed by atoms with van der Waals surface area (Å²) in [5, 5.41) is 5.71. The standard InChI is InChI=1S/C17H23N3O3/c21-14(18-9-13-8-11-3-4-12(13)7-11)10-20-15(22)17(19-16(20)23)5-1-2-6-17/h3-4,11-13H,1-2,5-10H2,(H,18,21)(H,19,23). The highest BCUT2D eigenvalue weighted by Gasteiger charge is 2.52. The number of carbonyl (C=O) groups is 3. The number of carbonyl (C=O) groups excluding carboxylic acids is 3. The molecule has 4 rings (SSSR count). The lowest BCUT2D eigenvalue weighted by Gasteiger charge is -2.21. The number of hydrogen-bond donors (Lipinski definition) is 2. The van der Waals surface area contributed by atoms with Crippen LogP contribution >= 0.6 is 0 Å². The molecule has 1 saturated heterocycles. The average Bonchev–Trinajstić information content (AvgIpc) is 3.28. The van der Waals surface area contributed by atoms with Crippen LogP contribution in [0.3, 0.4) is 0 Å². The number of amides is 4. The number of nitrogens with zero attached hydrogens (tertiary/aromatic N) is 1. The van der Waals surface area contributed by atoms with Crippen LogP contribution in [0.15, 0.2) is 12.2 Å². The third-order valence-electron chi connectivity index (χ3n) is 5.98. The first-order valence-electron chi connectivity index (χ1n) is 8.66. The van der Waals surface area contributed by atoms with Crippen molar-refractivity contribution in [1.82, 2.24) is 15.5 Å². The molecule has 1 aliphatic heterocycles. The molecule has 23 heavy (non-hydrogen) atoms. The summed E-state index contributed by atoms with van der Waals surface area (Å²) in [6.07, 6.45) is 10.1. The number of imide groups is 1. The Bertz CT molecular complexity index is 580. The molecule has 0 aromatic rings. The van der Waals surface area contributed by atoms with E-state index in [1.165, 1.54) is 6.42 Å². The second-order valence-electron chi connectivity index (χ2n) is 7.46. The molecule has 0 aromatic heterocycles. The van der Waals surface area contributed by atoms with Gasteiger partial charge in [0.05, 0.1) is 0 Å². The van der Waals surface area contributed by atoms with Crippen LogP contribution in [0.2, 0.25) is 0 Å². The van der Waals surface area contributed by atoms with Gasteiger partial charge in [-0.05, 0) is 43.4 Å². The monoisotopic (exact) mass is 317 g/mol. The van der Waals surface area contributed by atoms with Crippen LogP contribution in [0.1, 0.15) is 38.5 Å². The Kier molecular flexibility index (Phi) is 3.43. The average molecular weight is 317 g/mol. The van der Waals surface area contributed by atoms with Gasteiger partial charge in [-0.3, -0.25) is 14.5 Å². The SMILES string of the molecule is O=C(CN1C(=O)NC2(CCCC2)C1=O)NCC1CC2C=CC1C2. The van der Waals surface area contributed by atoms with Gasteiger partial charge in [-0.1, -0.05) is 25.0 Å². The van der Waals surface area contributed by atoms with E-state index in [1.54, 1.807) is 0 Å². The highest BCUT2D eigenvalue weighted by atomic mass is 16.2. The second-order valence-corrected chi connectivity index (χ2v) is 7.46. The summed E-state index contributed by atoms with van der Waals surface area (Å²) >= 11 is 0. The van der Waals surface area contributed by atoms with E-state index in [0.29, 0.717) is 37.1 Å². The fraction of sp³-hybridized carbons (Fsp3) is 0.706. The lowest BCUT2D eigenvalue weighted by molar-refractivity contribution is -0.134. The van der Waals surface area contributed by atoms with Gasteiger partial charge in [0.15, 0.2) is 0 Å². The maximum absolute atomic E-state index is 12.5. The second kappa shape index (κ2) is 5.35. The zero-order valence-electron chi connectivity index (χ0n) is 13.2. The van der Waals surface area contributed by atoms with E-state index in [2.05, 4.69) is 22.8 Å². The van der Waals surface area contributed by atoms with Gasteiger partial charge in [-0.15, -0.1) is 0 Å². The summed E-state index contributed by atoms with van der Waals surface area (Å²) in [4.78, 5) is 37.8. The van der Waals surface area contributed by atoms with Crippen LogP contribution in [0.5, 0.6) is 0 Å². The Morgan fingerprint density at radius 1 is 1.26 bits per heavy atom. The fourth-order valence-electron chi connectivity index (χ4n) is 4.71. The molecule has 2 bridgehead atoms. The Balaban J connectivity index is 1.31. The molecule has 124 valence electrons. The Hall–Kier alpha value is -1.85. The number of rotatable bonds is 4. The molecular formula is C17H23N3O3. The van der Waals surface area contributed by atoms with Crippen molar-refractivity contribution in [2.24, 2.45) is 17.8 Å². The van der Waals surface area contributed by atoms with Crippen molar-refractivity contribution in [3.63, 3.8) is 0 Å². The summed E-state index contributed by atoms with van der Waals surface area (Å²) in [6, 6.07) is -0.421. The van der Waals surface area contributed by atoms with Gasteiger partial charge < -0.3 is 10.6 Å². The highest BCUT2D eigenvalue weighted by Crippen LogP contribution is 2.43. The molecule has 3 atom stereocenters. The lowest BCUT2D eigenvalue weighted by Crippen LogP contribution is -2.45. The maximum atomic E-state index is 12.5. The van der Waals surface area contributed by atoms with Crippen LogP contribution in [-0.4, -0.2) is 41.4 Å². The minimum atomic E-state index is -0.729. The summed E-state index contributed by atoms with van der Waals surface area (Å²) in [5.41, 5.74) is -0.729. The minimum absolute atomic E-state index is 0.164. The molecule has 3 aliphatic carbocycles. The molecule has 1 heterocycles. The van der Waals surface area contributed by atoms with Gasteiger partial charge in [0.2, 0.25) is 5.91 Å². The number of allylic oxidation sites excluding steroid dienone is 2. The lowest BCUT2D eigenvalue weighted by atomic mass is 9.93. The molecule has 2 saturated carbocycles. The Morgan fingerprint density at radius 2 is 2.04 bits per heavy atom. The molecule has 4 aliphatic rings. The summed E-state index contributed by atoms with van der Waals surface area (Å²) in [5.74, 6) is 1.29. The van der Waals surface area contributed by atoms with E-state index in [-0.39, 0.29) is 18.4 Å². The number of fused-ring (bicyclic) bond motifs is 2. The molecule has 6 heteroatoms. The van der Waals surface area contributed by atoms with Crippen LogP contribution in [0, 0.1) is 17.8 Å². The van der Waals surface area contributed by atoms with Crippen molar-refractivity contribution in [3.8, 4) is 0 Å². The van der Waals surface area contributed by atoms with Crippen LogP contribution < -0.4 is 10.6 Å². The van der Waals surface area contributed by atoms with Crippen LogP contribution in [-0.2, 0) is 9.59 Å². The topological polar surface area (TPSA) is 78.5 Å². The van der Waals surface area contributed by atoms with Gasteiger partial charge >= 0.3 is 6.03 Å². The third kappa shape index (κ3) is 2.44. The smallest absolute Gasteiger partial charge is 0.325 e. The minimum Gasteiger partial charge on any atom is -0.354 e. The first-order chi connectivity index (χ1) is 11.1. The van der Waals surface area contributed by atoms with Crippen molar-refractivity contribution in [2.75, 3.05) is 13.1 Å². The summed E-state index contributed by atoms with van der Waals surface area (Å²) < 4.78 is 0. The van der Waals surface area contributed by atoms with Gasteiger partial charge in [-0.25, -0.2) is 4.79 Å². The van der Waals surface area contributed by atoms with Crippen molar-refractivity contribution >= 4 is 17.8 Å². The molecule has 1 spiro atoms. The molecule has 4 amide bonds. The highest BCUT2D eigenvalue weighted by molar-refractivity contribution is 6.09. The van der Waals surface area contributed by atoms with Gasteiger partial charge in [0, 0.05) is 6.54 Å². The number of hydrogen-bond acceptors (Lipinski definition) is 3. The Morgan fingerprint density at radius 3 is 2.70 bits per heavy atom. The Labute approximate surface area is 135 Å². The first-order valence-corrected chi connectivity index (χ1v) is 8.66. The zero-order chi connectivity index (χ0) is 16.0. The van der Waals surface area contributed by atoms with Crippen molar-refractivity contribution in [2.45, 2.75) is 44.1 Å². The quantitative estimate of drug-likeness (QED) is 0.604. The van der Waals surface area contributed by atoms with Crippen molar-refractivity contribution in [1.29, 1.82) is 0 Å². The maximum Gasteiger partial charge on any atom is 0.325 e. The molecule has 3 unspecified atom stereocenters. The van der Waals surface area contributed by atoms with E-state index in [4.69, 9.17) is 0 Å². The number of urea groups is 1. The fourth-order valence-corrected chi connectivity index (χ4v) is 4.71. The normalized spacial score (nSPS) is 33.7. The van der Waals surface area contributed by atoms with Crippen molar-refractivity contribution in [3.05, 3.63) is 12.2 Å². The van der Waals surface area contributed by atoms with E-state index in [9.17, 15) is 14.4 Å². The first kappa shape index (κ1) is 14.7. The zero-order valence-corrected chi connectivity index (χ0v) is 13.2. The predicted octanol–water partition coefficient (Wildman–Crippen LogP) is 1.18. The van der Waals surface area contributed by atoms with E-state index >= 15 is 0 Å². The molecule has 3 fully saturated rings. The summed E-state index contributed by atoms with van der Waals surface area (Å²) in [7, 11) is 0. The molecule has 6 nitrogen and oxygen atoms in total.